The first-order valence-corrected chi connectivity index (χ1v) is 25.1. The third-order valence-electron chi connectivity index (χ3n) is 13.2. The number of anilines is 8. The Hall–Kier alpha value is -8.49. The number of aromatic nitrogens is 2. The van der Waals surface area contributed by atoms with E-state index >= 15 is 0 Å². The van der Waals surface area contributed by atoms with Gasteiger partial charge in [-0.15, -0.1) is 0 Å². The van der Waals surface area contributed by atoms with Crippen molar-refractivity contribution < 1.29 is 0 Å². The quantitative estimate of drug-likeness (QED) is 0.143. The highest BCUT2D eigenvalue weighted by molar-refractivity contribution is 8.00. The molecule has 2 aliphatic rings. The minimum absolute atomic E-state index is 0.704. The van der Waals surface area contributed by atoms with E-state index in [1.807, 2.05) is 0 Å². The van der Waals surface area contributed by atoms with Crippen LogP contribution in [0.2, 0.25) is 0 Å². The summed E-state index contributed by atoms with van der Waals surface area (Å²) in [6.07, 6.45) is 0. The van der Waals surface area contributed by atoms with E-state index < -0.39 is 0 Å². The lowest BCUT2D eigenvalue weighted by atomic mass is 10.0. The van der Waals surface area contributed by atoms with E-state index in [-0.39, 0.29) is 0 Å². The molecule has 0 saturated carbocycles. The van der Waals surface area contributed by atoms with Crippen molar-refractivity contribution in [3.63, 3.8) is 0 Å². The zero-order valence-electron chi connectivity index (χ0n) is 37.9. The second-order valence-corrected chi connectivity index (χ2v) is 19.3. The molecular formula is C63H43N5S2. The van der Waals surface area contributed by atoms with Crippen molar-refractivity contribution in [1.29, 1.82) is 0 Å². The highest BCUT2D eigenvalue weighted by Gasteiger charge is 2.32. The Kier molecular flexibility index (Phi) is 10.6. The second-order valence-electron chi connectivity index (χ2n) is 17.5. The molecule has 0 amide bonds. The molecule has 0 saturated heterocycles. The van der Waals surface area contributed by atoms with Crippen LogP contribution in [0.1, 0.15) is 5.56 Å². The van der Waals surface area contributed by atoms with Crippen LogP contribution in [0, 0.1) is 0 Å². The van der Waals surface area contributed by atoms with Crippen LogP contribution >= 0.6 is 23.3 Å². The molecule has 0 N–H and O–H groups in total. The maximum Gasteiger partial charge on any atom is 0.174 e. The number of hydrogen-bond acceptors (Lipinski definition) is 7. The molecule has 0 unspecified atom stereocenters. The van der Waals surface area contributed by atoms with Gasteiger partial charge in [0, 0.05) is 38.8 Å². The Morgan fingerprint density at radius 1 is 0.357 bits per heavy atom. The van der Waals surface area contributed by atoms with Crippen LogP contribution in [0.4, 0.5) is 45.5 Å². The predicted octanol–water partition coefficient (Wildman–Crippen LogP) is 17.9. The van der Waals surface area contributed by atoms with Gasteiger partial charge in [0.1, 0.15) is 5.01 Å². The Labute approximate surface area is 416 Å². The van der Waals surface area contributed by atoms with E-state index in [4.69, 9.17) is 9.36 Å². The maximum atomic E-state index is 5.37. The molecule has 7 heteroatoms. The molecule has 70 heavy (non-hydrogen) atoms. The van der Waals surface area contributed by atoms with Crippen molar-refractivity contribution in [3.8, 4) is 55.3 Å². The van der Waals surface area contributed by atoms with Crippen LogP contribution < -0.4 is 14.7 Å². The predicted molar refractivity (Wildman–Crippen MR) is 293 cm³/mol. The summed E-state index contributed by atoms with van der Waals surface area (Å²) in [5.41, 5.74) is 19.3. The molecule has 1 aromatic heterocycles. The fraction of sp³-hybridized carbons (Fsp3) is 0.0159. The Morgan fingerprint density at radius 2 is 0.886 bits per heavy atom. The van der Waals surface area contributed by atoms with E-state index in [1.165, 1.54) is 55.4 Å². The molecular weight excluding hydrogens is 891 g/mol. The average molecular weight is 934 g/mol. The molecule has 0 aliphatic carbocycles. The largest absolute Gasteiger partial charge is 0.334 e. The van der Waals surface area contributed by atoms with Gasteiger partial charge in [0.25, 0.3) is 0 Å². The normalized spacial score (nSPS) is 12.5. The number of nitrogens with zero attached hydrogens (tertiary/aromatic N) is 5. The van der Waals surface area contributed by atoms with Gasteiger partial charge in [0.2, 0.25) is 0 Å². The lowest BCUT2D eigenvalue weighted by Gasteiger charge is -2.40. The summed E-state index contributed by atoms with van der Waals surface area (Å²) < 4.78 is 5.12. The van der Waals surface area contributed by atoms with E-state index in [2.05, 4.69) is 263 Å². The topological polar surface area (TPSA) is 35.5 Å². The molecule has 0 atom stereocenters. The van der Waals surface area contributed by atoms with Gasteiger partial charge in [-0.25, -0.2) is 4.98 Å². The second kappa shape index (κ2) is 17.9. The summed E-state index contributed by atoms with van der Waals surface area (Å²) in [6.45, 7) is 0.704. The zero-order valence-corrected chi connectivity index (χ0v) is 39.6. The van der Waals surface area contributed by atoms with Crippen LogP contribution in [0.15, 0.2) is 259 Å². The molecule has 0 bridgehead atoms. The highest BCUT2D eigenvalue weighted by Crippen LogP contribution is 2.56. The Balaban J connectivity index is 0.894. The number of benzene rings is 10. The SMILES string of the molecule is c1ccc(-c2ccc(CN3c4ccccc4N(c4ccc(-c5ccccc5)cc4)c4cc(-c5nc(-c6cccc7c6Sc6ccccc6N7c6cccc(-c7ccccc7)c6)ns5)ccc43)cc2)cc1. The summed E-state index contributed by atoms with van der Waals surface area (Å²) >= 11 is 3.24. The van der Waals surface area contributed by atoms with Crippen LogP contribution in [0.5, 0.6) is 0 Å². The lowest BCUT2D eigenvalue weighted by Crippen LogP contribution is -2.27. The monoisotopic (exact) mass is 933 g/mol. The van der Waals surface area contributed by atoms with Gasteiger partial charge in [-0.1, -0.05) is 182 Å². The van der Waals surface area contributed by atoms with Crippen LogP contribution in [0.25, 0.3) is 55.3 Å². The molecule has 0 spiro atoms. The standard InChI is InChI=1S/C63H43N5S2/c1-4-16-44(17-5-1)47-32-30-43(31-33-47)42-66-54-25-10-11-26-56(54)67(51-37-34-48(35-38-51)45-18-6-2-7-19-45)59-41-50(36-39-55(59)66)63-64-62(65-70-63)53-24-15-28-58-61(53)69-60-29-13-12-27-57(60)68(58)52-23-14-22-49(40-52)46-20-8-3-9-21-46/h1-41H,42H2. The molecule has 11 aromatic rings. The van der Waals surface area contributed by atoms with Crippen LogP contribution in [-0.2, 0) is 6.54 Å². The molecule has 3 heterocycles. The van der Waals surface area contributed by atoms with E-state index in [0.717, 1.165) is 72.4 Å². The number of hydrogen-bond donors (Lipinski definition) is 0. The van der Waals surface area contributed by atoms with Crippen molar-refractivity contribution in [2.45, 2.75) is 16.3 Å². The van der Waals surface area contributed by atoms with Gasteiger partial charge in [-0.2, -0.15) is 4.37 Å². The molecule has 13 rings (SSSR count). The molecule has 10 aromatic carbocycles. The van der Waals surface area contributed by atoms with Gasteiger partial charge >= 0.3 is 0 Å². The van der Waals surface area contributed by atoms with Gasteiger partial charge in [0.15, 0.2) is 5.82 Å². The van der Waals surface area contributed by atoms with Gasteiger partial charge in [-0.3, -0.25) is 0 Å². The molecule has 5 nitrogen and oxygen atoms in total. The summed E-state index contributed by atoms with van der Waals surface area (Å²) in [7, 11) is 0. The fourth-order valence-corrected chi connectivity index (χ4v) is 11.7. The number of fused-ring (bicyclic) bond motifs is 4. The summed E-state index contributed by atoms with van der Waals surface area (Å²) in [4.78, 5) is 14.9. The first kappa shape index (κ1) is 41.7. The lowest BCUT2D eigenvalue weighted by molar-refractivity contribution is 0.957. The first-order valence-electron chi connectivity index (χ1n) is 23.5. The third-order valence-corrected chi connectivity index (χ3v) is 15.2. The third kappa shape index (κ3) is 7.62. The van der Waals surface area contributed by atoms with Crippen LogP contribution in [-0.4, -0.2) is 9.36 Å². The summed E-state index contributed by atoms with van der Waals surface area (Å²) in [6, 6.07) is 89.2. The zero-order chi connectivity index (χ0) is 46.4. The van der Waals surface area contributed by atoms with Gasteiger partial charge < -0.3 is 14.7 Å². The average Bonchev–Trinajstić information content (AvgIpc) is 3.94. The maximum absolute atomic E-state index is 5.37. The van der Waals surface area contributed by atoms with Gasteiger partial charge in [-0.05, 0) is 129 Å². The van der Waals surface area contributed by atoms with Crippen molar-refractivity contribution in [1.82, 2.24) is 9.36 Å². The minimum atomic E-state index is 0.704. The van der Waals surface area contributed by atoms with Gasteiger partial charge in [0.05, 0.1) is 34.1 Å². The molecule has 0 fully saturated rings. The summed E-state index contributed by atoms with van der Waals surface area (Å²) in [5, 5.41) is 0.866. The first-order chi connectivity index (χ1) is 34.7. The summed E-state index contributed by atoms with van der Waals surface area (Å²) in [5.74, 6) is 0.721. The molecule has 2 aliphatic heterocycles. The van der Waals surface area contributed by atoms with Crippen molar-refractivity contribution >= 4 is 68.8 Å². The molecule has 332 valence electrons. The van der Waals surface area contributed by atoms with E-state index in [0.29, 0.717) is 6.54 Å². The number of para-hydroxylation sites is 3. The van der Waals surface area contributed by atoms with Crippen LogP contribution in [0.3, 0.4) is 0 Å². The highest BCUT2D eigenvalue weighted by atomic mass is 32.2. The minimum Gasteiger partial charge on any atom is -0.334 e. The Bertz CT molecular complexity index is 3670. The molecule has 0 radical (unpaired) electrons. The fourth-order valence-electron chi connectivity index (χ4n) is 9.84. The smallest absolute Gasteiger partial charge is 0.174 e. The Morgan fingerprint density at radius 3 is 1.60 bits per heavy atom. The van der Waals surface area contributed by atoms with E-state index in [9.17, 15) is 0 Å². The van der Waals surface area contributed by atoms with E-state index in [1.54, 1.807) is 11.8 Å². The number of rotatable bonds is 9. The van der Waals surface area contributed by atoms with Crippen molar-refractivity contribution in [2.75, 3.05) is 14.7 Å². The van der Waals surface area contributed by atoms with Crippen molar-refractivity contribution in [2.24, 2.45) is 0 Å². The van der Waals surface area contributed by atoms with Crippen molar-refractivity contribution in [3.05, 3.63) is 254 Å².